The Morgan fingerprint density at radius 3 is 3.00 bits per heavy atom. The van der Waals surface area contributed by atoms with E-state index < -0.39 is 4.92 Å². The van der Waals surface area contributed by atoms with Crippen LogP contribution in [0, 0.1) is 21.4 Å². The van der Waals surface area contributed by atoms with Crippen LogP contribution in [0.1, 0.15) is 12.0 Å². The van der Waals surface area contributed by atoms with Crippen LogP contribution in [0.25, 0.3) is 0 Å². The fourth-order valence-corrected chi connectivity index (χ4v) is 1.58. The first-order chi connectivity index (χ1) is 9.13. The summed E-state index contributed by atoms with van der Waals surface area (Å²) in [7, 11) is 1.49. The highest BCUT2D eigenvalue weighted by Gasteiger charge is 2.23. The highest BCUT2D eigenvalue weighted by Crippen LogP contribution is 2.26. The summed E-state index contributed by atoms with van der Waals surface area (Å²) in [5.41, 5.74) is -0.438. The second-order valence-electron chi connectivity index (χ2n) is 3.73. The number of nitrogens with zero attached hydrogens (tertiary/aromatic N) is 3. The SMILES string of the molecule is COCC(CCO)Nc1nccc(C#N)c1[N+](=O)[O-]. The van der Waals surface area contributed by atoms with Crippen LogP contribution in [-0.4, -0.2) is 41.4 Å². The Bertz CT molecular complexity index is 480. The van der Waals surface area contributed by atoms with Gasteiger partial charge in [0.2, 0.25) is 5.82 Å². The van der Waals surface area contributed by atoms with Crippen LogP contribution in [0.5, 0.6) is 0 Å². The average Bonchev–Trinajstić information content (AvgIpc) is 2.38. The Morgan fingerprint density at radius 1 is 1.74 bits per heavy atom. The minimum absolute atomic E-state index is 0.000417. The van der Waals surface area contributed by atoms with Gasteiger partial charge in [0.05, 0.1) is 17.6 Å². The zero-order chi connectivity index (χ0) is 14.3. The number of ether oxygens (including phenoxy) is 1. The summed E-state index contributed by atoms with van der Waals surface area (Å²) < 4.78 is 4.95. The zero-order valence-corrected chi connectivity index (χ0v) is 10.4. The Hall–Kier alpha value is -2.24. The van der Waals surface area contributed by atoms with Gasteiger partial charge < -0.3 is 15.2 Å². The molecule has 0 aromatic carbocycles. The van der Waals surface area contributed by atoms with Crippen molar-refractivity contribution in [1.29, 1.82) is 5.26 Å². The normalized spacial score (nSPS) is 11.6. The molecule has 19 heavy (non-hydrogen) atoms. The second-order valence-corrected chi connectivity index (χ2v) is 3.73. The molecule has 0 amide bonds. The van der Waals surface area contributed by atoms with Gasteiger partial charge in [0, 0.05) is 19.9 Å². The lowest BCUT2D eigenvalue weighted by molar-refractivity contribution is -0.384. The van der Waals surface area contributed by atoms with Gasteiger partial charge in [-0.25, -0.2) is 4.98 Å². The molecule has 1 atom stereocenters. The summed E-state index contributed by atoms with van der Waals surface area (Å²) in [5, 5.41) is 31.6. The molecule has 1 rings (SSSR count). The van der Waals surface area contributed by atoms with E-state index in [-0.39, 0.29) is 36.3 Å². The number of hydrogen-bond donors (Lipinski definition) is 2. The molecule has 0 fully saturated rings. The molecule has 1 aromatic heterocycles. The Balaban J connectivity index is 3.05. The number of aromatic nitrogens is 1. The number of nitro groups is 1. The van der Waals surface area contributed by atoms with Crippen LogP contribution >= 0.6 is 0 Å². The van der Waals surface area contributed by atoms with Gasteiger partial charge >= 0.3 is 5.69 Å². The van der Waals surface area contributed by atoms with E-state index in [2.05, 4.69) is 10.3 Å². The highest BCUT2D eigenvalue weighted by molar-refractivity contribution is 5.64. The largest absolute Gasteiger partial charge is 0.396 e. The van der Waals surface area contributed by atoms with Gasteiger partial charge in [-0.05, 0) is 12.5 Å². The smallest absolute Gasteiger partial charge is 0.328 e. The predicted molar refractivity (Wildman–Crippen MR) is 66.6 cm³/mol. The van der Waals surface area contributed by atoms with Crippen molar-refractivity contribution in [2.45, 2.75) is 12.5 Å². The monoisotopic (exact) mass is 266 g/mol. The number of rotatable bonds is 7. The van der Waals surface area contributed by atoms with E-state index in [1.165, 1.54) is 19.4 Å². The number of aliphatic hydroxyl groups is 1. The quantitative estimate of drug-likeness (QED) is 0.549. The van der Waals surface area contributed by atoms with Gasteiger partial charge in [-0.3, -0.25) is 10.1 Å². The number of hydrogen-bond acceptors (Lipinski definition) is 7. The third-order valence-corrected chi connectivity index (χ3v) is 2.41. The van der Waals surface area contributed by atoms with E-state index in [0.717, 1.165) is 0 Å². The molecule has 0 aliphatic heterocycles. The summed E-state index contributed by atoms with van der Waals surface area (Å²) in [4.78, 5) is 14.2. The van der Waals surface area contributed by atoms with Crippen molar-refractivity contribution in [2.24, 2.45) is 0 Å². The maximum atomic E-state index is 11.0. The molecule has 1 heterocycles. The first-order valence-electron chi connectivity index (χ1n) is 5.53. The molecule has 2 N–H and O–H groups in total. The van der Waals surface area contributed by atoms with Crippen molar-refractivity contribution in [3.63, 3.8) is 0 Å². The molecule has 0 spiro atoms. The van der Waals surface area contributed by atoms with Crippen molar-refractivity contribution in [3.05, 3.63) is 27.9 Å². The van der Waals surface area contributed by atoms with E-state index in [9.17, 15) is 10.1 Å². The molecule has 8 heteroatoms. The molecule has 0 saturated heterocycles. The van der Waals surface area contributed by atoms with Gasteiger partial charge in [-0.15, -0.1) is 0 Å². The summed E-state index contributed by atoms with van der Waals surface area (Å²) >= 11 is 0. The van der Waals surface area contributed by atoms with Gasteiger partial charge in [0.25, 0.3) is 0 Å². The first kappa shape index (κ1) is 14.8. The lowest BCUT2D eigenvalue weighted by Gasteiger charge is -2.17. The zero-order valence-electron chi connectivity index (χ0n) is 10.4. The lowest BCUT2D eigenvalue weighted by Crippen LogP contribution is -2.27. The van der Waals surface area contributed by atoms with Crippen molar-refractivity contribution in [2.75, 3.05) is 25.6 Å². The molecule has 0 aliphatic rings. The summed E-state index contributed by atoms with van der Waals surface area (Å²) in [5.74, 6) is -0.000417. The summed E-state index contributed by atoms with van der Waals surface area (Å²) in [6, 6.07) is 2.71. The van der Waals surface area contributed by atoms with Crippen LogP contribution < -0.4 is 5.32 Å². The molecular formula is C11H14N4O4. The predicted octanol–water partition coefficient (Wildman–Crippen LogP) is 0.671. The number of methoxy groups -OCH3 is 1. The molecule has 0 radical (unpaired) electrons. The molecule has 0 bridgehead atoms. The van der Waals surface area contributed by atoms with E-state index >= 15 is 0 Å². The number of anilines is 1. The average molecular weight is 266 g/mol. The van der Waals surface area contributed by atoms with Crippen LogP contribution in [0.4, 0.5) is 11.5 Å². The van der Waals surface area contributed by atoms with Crippen molar-refractivity contribution >= 4 is 11.5 Å². The summed E-state index contributed by atoms with van der Waals surface area (Å²) in [6.07, 6.45) is 1.67. The van der Waals surface area contributed by atoms with Gasteiger partial charge in [0.15, 0.2) is 0 Å². The second kappa shape index (κ2) is 7.25. The summed E-state index contributed by atoms with van der Waals surface area (Å²) in [6.45, 7) is 0.170. The van der Waals surface area contributed by atoms with Gasteiger partial charge in [-0.1, -0.05) is 0 Å². The minimum Gasteiger partial charge on any atom is -0.396 e. The van der Waals surface area contributed by atoms with Gasteiger partial charge in [-0.2, -0.15) is 5.26 Å². The third-order valence-electron chi connectivity index (χ3n) is 2.41. The Kier molecular flexibility index (Phi) is 5.66. The molecule has 0 saturated carbocycles. The minimum atomic E-state index is -0.656. The standard InChI is InChI=1S/C11H14N4O4/c1-19-7-9(3-5-16)14-11-10(15(17)18)8(6-12)2-4-13-11/h2,4,9,16H,3,5,7H2,1H3,(H,13,14). The maximum Gasteiger partial charge on any atom is 0.328 e. The van der Waals surface area contributed by atoms with Crippen LogP contribution in [0.15, 0.2) is 12.3 Å². The van der Waals surface area contributed by atoms with E-state index in [0.29, 0.717) is 6.42 Å². The van der Waals surface area contributed by atoms with Crippen molar-refractivity contribution < 1.29 is 14.8 Å². The van der Waals surface area contributed by atoms with Crippen LogP contribution in [0.3, 0.4) is 0 Å². The fraction of sp³-hybridized carbons (Fsp3) is 0.455. The van der Waals surface area contributed by atoms with E-state index in [1.54, 1.807) is 6.07 Å². The van der Waals surface area contributed by atoms with E-state index in [1.807, 2.05) is 0 Å². The Morgan fingerprint density at radius 2 is 2.47 bits per heavy atom. The van der Waals surface area contributed by atoms with Crippen molar-refractivity contribution in [1.82, 2.24) is 4.98 Å². The first-order valence-corrected chi connectivity index (χ1v) is 5.53. The van der Waals surface area contributed by atoms with Crippen LogP contribution in [-0.2, 0) is 4.74 Å². The highest BCUT2D eigenvalue weighted by atomic mass is 16.6. The number of nitrogens with one attached hydrogen (secondary N) is 1. The topological polar surface area (TPSA) is 121 Å². The lowest BCUT2D eigenvalue weighted by atomic mass is 10.2. The maximum absolute atomic E-state index is 11.0. The van der Waals surface area contributed by atoms with Crippen LogP contribution in [0.2, 0.25) is 0 Å². The van der Waals surface area contributed by atoms with Gasteiger partial charge in [0.1, 0.15) is 11.6 Å². The van der Waals surface area contributed by atoms with Crippen molar-refractivity contribution in [3.8, 4) is 6.07 Å². The Labute approximate surface area is 109 Å². The molecule has 1 unspecified atom stereocenters. The molecule has 0 aliphatic carbocycles. The third kappa shape index (κ3) is 3.87. The molecule has 1 aromatic rings. The number of aliphatic hydroxyl groups excluding tert-OH is 1. The fourth-order valence-electron chi connectivity index (χ4n) is 1.58. The van der Waals surface area contributed by atoms with E-state index in [4.69, 9.17) is 15.1 Å². The molecule has 102 valence electrons. The number of pyridine rings is 1. The molecular weight excluding hydrogens is 252 g/mol. The number of nitriles is 1. The molecule has 8 nitrogen and oxygen atoms in total.